The number of carbonyl (C=O) groups is 1. The molecule has 2 aromatic carbocycles. The van der Waals surface area contributed by atoms with Gasteiger partial charge in [0.25, 0.3) is 0 Å². The van der Waals surface area contributed by atoms with Crippen LogP contribution in [0.25, 0.3) is 11.4 Å². The molecule has 1 saturated carbocycles. The Balaban J connectivity index is 1.44. The number of amides is 1. The van der Waals surface area contributed by atoms with Crippen molar-refractivity contribution in [3.63, 3.8) is 0 Å². The Bertz CT molecular complexity index is 1140. The Morgan fingerprint density at radius 2 is 1.83 bits per heavy atom. The minimum Gasteiger partial charge on any atom is -0.486 e. The number of aromatic nitrogens is 2. The molecule has 1 aliphatic carbocycles. The average molecular weight is 407 g/mol. The van der Waals surface area contributed by atoms with Crippen molar-refractivity contribution in [2.45, 2.75) is 31.1 Å². The lowest BCUT2D eigenvalue weighted by Gasteiger charge is -2.30. The Hall–Kier alpha value is -3.55. The van der Waals surface area contributed by atoms with Crippen LogP contribution in [0.15, 0.2) is 51.8 Å². The van der Waals surface area contributed by atoms with E-state index in [1.165, 1.54) is 0 Å². The molecule has 0 atom stereocenters. The van der Waals surface area contributed by atoms with Gasteiger partial charge in [0.05, 0.1) is 5.41 Å². The molecule has 30 heavy (non-hydrogen) atoms. The first-order valence-corrected chi connectivity index (χ1v) is 10.0. The predicted octanol–water partition coefficient (Wildman–Crippen LogP) is 3.25. The van der Waals surface area contributed by atoms with Gasteiger partial charge in [0.15, 0.2) is 17.3 Å². The van der Waals surface area contributed by atoms with Gasteiger partial charge in [-0.05, 0) is 42.7 Å². The van der Waals surface area contributed by atoms with Gasteiger partial charge in [-0.15, -0.1) is 0 Å². The zero-order valence-corrected chi connectivity index (χ0v) is 16.3. The quantitative estimate of drug-likeness (QED) is 0.688. The number of aromatic amines is 1. The Labute approximate surface area is 172 Å². The van der Waals surface area contributed by atoms with Crippen LogP contribution in [-0.4, -0.2) is 29.3 Å². The normalized spacial score (nSPS) is 16.9. The number of H-pyrrole nitrogens is 1. The van der Waals surface area contributed by atoms with Crippen LogP contribution in [0.3, 0.4) is 0 Å². The fourth-order valence-electron chi connectivity index (χ4n) is 4.32. The van der Waals surface area contributed by atoms with Gasteiger partial charge in [0.2, 0.25) is 5.91 Å². The van der Waals surface area contributed by atoms with Crippen molar-refractivity contribution in [2.24, 2.45) is 0 Å². The number of benzene rings is 2. The molecule has 2 aliphatic rings. The second-order valence-corrected chi connectivity index (χ2v) is 7.63. The number of rotatable bonds is 4. The average Bonchev–Trinajstić information content (AvgIpc) is 3.44. The summed E-state index contributed by atoms with van der Waals surface area (Å²) in [6.45, 7) is 1.04. The molecule has 3 aromatic rings. The maximum atomic E-state index is 13.5. The molecule has 0 bridgehead atoms. The summed E-state index contributed by atoms with van der Waals surface area (Å²) in [4.78, 5) is 27.2. The number of hydrogen-bond donors (Lipinski definition) is 2. The van der Waals surface area contributed by atoms with E-state index in [1.807, 2.05) is 24.3 Å². The molecule has 2 N–H and O–H groups in total. The summed E-state index contributed by atoms with van der Waals surface area (Å²) < 4.78 is 15.9. The first-order chi connectivity index (χ1) is 14.6. The summed E-state index contributed by atoms with van der Waals surface area (Å²) in [5.41, 5.74) is 1.61. The van der Waals surface area contributed by atoms with Gasteiger partial charge in [-0.3, -0.25) is 14.3 Å². The van der Waals surface area contributed by atoms with Crippen molar-refractivity contribution < 1.29 is 18.8 Å². The fraction of sp³-hybridized carbons (Fsp3) is 0.318. The molecule has 1 aliphatic heterocycles. The van der Waals surface area contributed by atoms with E-state index in [1.54, 1.807) is 18.2 Å². The van der Waals surface area contributed by atoms with E-state index in [0.29, 0.717) is 41.8 Å². The van der Waals surface area contributed by atoms with Gasteiger partial charge in [0.1, 0.15) is 13.2 Å². The molecular formula is C22H21N3O5. The summed E-state index contributed by atoms with van der Waals surface area (Å²) in [5, 5.41) is 6.76. The molecular weight excluding hydrogens is 386 g/mol. The smallest absolute Gasteiger partial charge is 0.439 e. The van der Waals surface area contributed by atoms with Crippen molar-refractivity contribution >= 4 is 11.6 Å². The number of hydrogen-bond acceptors (Lipinski definition) is 6. The largest absolute Gasteiger partial charge is 0.486 e. The van der Waals surface area contributed by atoms with Gasteiger partial charge < -0.3 is 14.8 Å². The third kappa shape index (κ3) is 3.24. The van der Waals surface area contributed by atoms with Crippen LogP contribution in [0, 0.1) is 0 Å². The molecule has 0 unspecified atom stereocenters. The van der Waals surface area contributed by atoms with Crippen LogP contribution >= 0.6 is 0 Å². The third-order valence-corrected chi connectivity index (χ3v) is 5.82. The van der Waals surface area contributed by atoms with Crippen molar-refractivity contribution in [3.8, 4) is 22.9 Å². The molecule has 8 nitrogen and oxygen atoms in total. The van der Waals surface area contributed by atoms with Crippen LogP contribution in [0.1, 0.15) is 31.2 Å². The summed E-state index contributed by atoms with van der Waals surface area (Å²) in [5.74, 6) is 1.05. The third-order valence-electron chi connectivity index (χ3n) is 5.82. The van der Waals surface area contributed by atoms with Crippen molar-refractivity contribution in [2.75, 3.05) is 18.5 Å². The number of carbonyl (C=O) groups excluding carboxylic acids is 1. The standard InChI is InChI=1S/C22H21N3O5/c26-20(23-16-5-3-4-14(12-16)19-24-21(27)30-25-19)22(8-1-2-9-22)15-6-7-17-18(13-15)29-11-10-28-17/h3-7,12-13H,1-2,8-11H2,(H,23,26)(H,24,25,27). The van der Waals surface area contributed by atoms with Crippen LogP contribution in [-0.2, 0) is 10.2 Å². The van der Waals surface area contributed by atoms with Gasteiger partial charge in [-0.1, -0.05) is 36.2 Å². The van der Waals surface area contributed by atoms with Crippen molar-refractivity contribution in [1.29, 1.82) is 0 Å². The zero-order valence-electron chi connectivity index (χ0n) is 16.3. The first kappa shape index (κ1) is 18.5. The van der Waals surface area contributed by atoms with Gasteiger partial charge in [-0.25, -0.2) is 4.79 Å². The highest BCUT2D eigenvalue weighted by Gasteiger charge is 2.43. The lowest BCUT2D eigenvalue weighted by molar-refractivity contribution is -0.121. The molecule has 0 saturated heterocycles. The Kier molecular flexibility index (Phi) is 4.54. The number of nitrogens with zero attached hydrogens (tertiary/aromatic N) is 1. The SMILES string of the molecule is O=C(Nc1cccc(-c2noc(=O)[nH]2)c1)C1(c2ccc3c(c2)OCCO3)CCCC1. The molecule has 0 radical (unpaired) electrons. The summed E-state index contributed by atoms with van der Waals surface area (Å²) in [7, 11) is 0. The molecule has 0 spiro atoms. The Morgan fingerprint density at radius 1 is 1.03 bits per heavy atom. The van der Waals surface area contributed by atoms with Crippen LogP contribution in [0.2, 0.25) is 0 Å². The van der Waals surface area contributed by atoms with E-state index in [-0.39, 0.29) is 5.91 Å². The molecule has 1 aromatic heterocycles. The Morgan fingerprint density at radius 3 is 2.60 bits per heavy atom. The first-order valence-electron chi connectivity index (χ1n) is 10.0. The predicted molar refractivity (Wildman–Crippen MR) is 109 cm³/mol. The zero-order chi connectivity index (χ0) is 20.6. The highest BCUT2D eigenvalue weighted by atomic mass is 16.6. The van der Waals surface area contributed by atoms with Crippen molar-refractivity contribution in [1.82, 2.24) is 10.1 Å². The second-order valence-electron chi connectivity index (χ2n) is 7.63. The summed E-state index contributed by atoms with van der Waals surface area (Å²) >= 11 is 0. The molecule has 1 fully saturated rings. The van der Waals surface area contributed by atoms with E-state index >= 15 is 0 Å². The van der Waals surface area contributed by atoms with Gasteiger partial charge in [-0.2, -0.15) is 0 Å². The minimum atomic E-state index is -0.622. The number of anilines is 1. The fourth-order valence-corrected chi connectivity index (χ4v) is 4.32. The minimum absolute atomic E-state index is 0.0533. The highest BCUT2D eigenvalue weighted by molar-refractivity contribution is 6.00. The molecule has 5 rings (SSSR count). The lowest BCUT2D eigenvalue weighted by atomic mass is 9.77. The molecule has 1 amide bonds. The van der Waals surface area contributed by atoms with Crippen molar-refractivity contribution in [3.05, 3.63) is 58.6 Å². The summed E-state index contributed by atoms with van der Waals surface area (Å²) in [6.07, 6.45) is 3.52. The van der Waals surface area contributed by atoms with E-state index < -0.39 is 11.2 Å². The number of fused-ring (bicyclic) bond motifs is 1. The topological polar surface area (TPSA) is 106 Å². The summed E-state index contributed by atoms with van der Waals surface area (Å²) in [6, 6.07) is 13.0. The monoisotopic (exact) mass is 407 g/mol. The van der Waals surface area contributed by atoms with E-state index in [9.17, 15) is 9.59 Å². The van der Waals surface area contributed by atoms with Gasteiger partial charge >= 0.3 is 5.76 Å². The van der Waals surface area contributed by atoms with E-state index in [2.05, 4.69) is 20.0 Å². The maximum Gasteiger partial charge on any atom is 0.439 e. The number of nitrogens with one attached hydrogen (secondary N) is 2. The maximum absolute atomic E-state index is 13.5. The second kappa shape index (κ2) is 7.37. The highest BCUT2D eigenvalue weighted by Crippen LogP contribution is 2.45. The van der Waals surface area contributed by atoms with Crippen LogP contribution in [0.4, 0.5) is 5.69 Å². The van der Waals surface area contributed by atoms with E-state index in [0.717, 1.165) is 31.2 Å². The number of ether oxygens (including phenoxy) is 2. The van der Waals surface area contributed by atoms with Gasteiger partial charge in [0, 0.05) is 11.3 Å². The van der Waals surface area contributed by atoms with Crippen LogP contribution in [0.5, 0.6) is 11.5 Å². The van der Waals surface area contributed by atoms with E-state index in [4.69, 9.17) is 9.47 Å². The lowest BCUT2D eigenvalue weighted by Crippen LogP contribution is -2.38. The molecule has 154 valence electrons. The molecule has 2 heterocycles. The van der Waals surface area contributed by atoms with Crippen LogP contribution < -0.4 is 20.5 Å². The molecule has 8 heteroatoms.